The molecule has 1 heteroatoms. The fourth-order valence-electron chi connectivity index (χ4n) is 7.31. The molecule has 1 nitrogen and oxygen atoms in total. The maximum absolute atomic E-state index is 6.92. The molecule has 182 valence electrons. The molecule has 0 spiro atoms. The van der Waals surface area contributed by atoms with Crippen LogP contribution in [0.15, 0.2) is 65.1 Å². The van der Waals surface area contributed by atoms with Gasteiger partial charge in [0.15, 0.2) is 0 Å². The summed E-state index contributed by atoms with van der Waals surface area (Å²) in [7, 11) is 0. The van der Waals surface area contributed by atoms with Crippen LogP contribution < -0.4 is 0 Å². The molecule has 0 N–H and O–H groups in total. The van der Waals surface area contributed by atoms with Gasteiger partial charge in [-0.05, 0) is 60.6 Å². The fourth-order valence-corrected chi connectivity index (χ4v) is 7.31. The molecule has 4 aromatic rings. The first kappa shape index (κ1) is 22.9. The van der Waals surface area contributed by atoms with Crippen LogP contribution in [0.4, 0.5) is 0 Å². The van der Waals surface area contributed by atoms with Crippen LogP contribution in [0.1, 0.15) is 119 Å². The van der Waals surface area contributed by atoms with E-state index in [4.69, 9.17) is 4.42 Å². The van der Waals surface area contributed by atoms with Gasteiger partial charge in [0.1, 0.15) is 11.2 Å². The van der Waals surface area contributed by atoms with E-state index >= 15 is 0 Å². The highest BCUT2D eigenvalue weighted by Gasteiger charge is 2.34. The van der Waals surface area contributed by atoms with Crippen molar-refractivity contribution in [2.75, 3.05) is 0 Å². The largest absolute Gasteiger partial charge is 0.455 e. The molecule has 35 heavy (non-hydrogen) atoms. The molecule has 1 heterocycles. The van der Waals surface area contributed by atoms with E-state index in [1.807, 2.05) is 0 Å². The van der Waals surface area contributed by atoms with Crippen molar-refractivity contribution in [1.29, 1.82) is 0 Å². The second-order valence-corrected chi connectivity index (χ2v) is 11.5. The van der Waals surface area contributed by atoms with Crippen LogP contribution in [-0.2, 0) is 5.41 Å². The van der Waals surface area contributed by atoms with Crippen molar-refractivity contribution in [3.8, 4) is 0 Å². The number of benzene rings is 3. The van der Waals surface area contributed by atoms with E-state index in [0.29, 0.717) is 11.8 Å². The van der Waals surface area contributed by atoms with E-state index in [-0.39, 0.29) is 5.41 Å². The maximum Gasteiger partial charge on any atom is 0.139 e. The van der Waals surface area contributed by atoms with E-state index in [2.05, 4.69) is 74.5 Å². The minimum Gasteiger partial charge on any atom is -0.455 e. The molecule has 2 saturated carbocycles. The summed E-state index contributed by atoms with van der Waals surface area (Å²) in [4.78, 5) is 0. The predicted molar refractivity (Wildman–Crippen MR) is 149 cm³/mol. The van der Waals surface area contributed by atoms with Crippen LogP contribution >= 0.6 is 0 Å². The molecule has 0 saturated heterocycles. The van der Waals surface area contributed by atoms with Crippen LogP contribution in [-0.4, -0.2) is 0 Å². The lowest BCUT2D eigenvalue weighted by atomic mass is 9.69. The summed E-state index contributed by atoms with van der Waals surface area (Å²) < 4.78 is 6.92. The second kappa shape index (κ2) is 9.49. The third kappa shape index (κ3) is 3.92. The van der Waals surface area contributed by atoms with Gasteiger partial charge in [-0.15, -0.1) is 0 Å². The molecular weight excluding hydrogens is 424 g/mol. The Hall–Kier alpha value is -2.54. The van der Waals surface area contributed by atoms with Gasteiger partial charge in [-0.2, -0.15) is 0 Å². The van der Waals surface area contributed by atoms with Crippen molar-refractivity contribution >= 4 is 21.9 Å². The van der Waals surface area contributed by atoms with Gasteiger partial charge in [0.2, 0.25) is 0 Å². The van der Waals surface area contributed by atoms with Crippen LogP contribution in [0.25, 0.3) is 21.9 Å². The molecule has 0 unspecified atom stereocenters. The fraction of sp³-hybridized carbons (Fsp3) is 0.471. The van der Waals surface area contributed by atoms with E-state index in [1.165, 1.54) is 91.7 Å². The van der Waals surface area contributed by atoms with Gasteiger partial charge in [-0.1, -0.05) is 113 Å². The monoisotopic (exact) mass is 464 g/mol. The lowest BCUT2D eigenvalue weighted by Gasteiger charge is -2.35. The molecule has 0 amide bonds. The normalized spacial score (nSPS) is 19.8. The Balaban J connectivity index is 1.53. The number of fused-ring (bicyclic) bond motifs is 3. The number of para-hydroxylation sites is 2. The highest BCUT2D eigenvalue weighted by atomic mass is 16.3. The Morgan fingerprint density at radius 3 is 1.86 bits per heavy atom. The molecular formula is C34H40O. The smallest absolute Gasteiger partial charge is 0.139 e. The molecule has 3 aromatic carbocycles. The Morgan fingerprint density at radius 2 is 1.17 bits per heavy atom. The zero-order valence-corrected chi connectivity index (χ0v) is 21.6. The van der Waals surface area contributed by atoms with E-state index in [0.717, 1.165) is 17.6 Å². The summed E-state index contributed by atoms with van der Waals surface area (Å²) >= 11 is 0. The van der Waals surface area contributed by atoms with E-state index < -0.39 is 0 Å². The lowest BCUT2D eigenvalue weighted by molar-refractivity contribution is 0.433. The van der Waals surface area contributed by atoms with Gasteiger partial charge in [0, 0.05) is 21.8 Å². The lowest BCUT2D eigenvalue weighted by Crippen LogP contribution is -2.25. The topological polar surface area (TPSA) is 13.1 Å². The predicted octanol–water partition coefficient (Wildman–Crippen LogP) is 10.4. The Kier molecular flexibility index (Phi) is 6.21. The minimum atomic E-state index is -0.0770. The first-order chi connectivity index (χ1) is 17.2. The van der Waals surface area contributed by atoms with Gasteiger partial charge < -0.3 is 4.42 Å². The first-order valence-corrected chi connectivity index (χ1v) is 14.2. The van der Waals surface area contributed by atoms with Crippen molar-refractivity contribution < 1.29 is 4.42 Å². The number of rotatable bonds is 5. The third-order valence-electron chi connectivity index (χ3n) is 9.50. The van der Waals surface area contributed by atoms with Gasteiger partial charge >= 0.3 is 0 Å². The highest BCUT2D eigenvalue weighted by molar-refractivity contribution is 6.07. The third-order valence-corrected chi connectivity index (χ3v) is 9.50. The van der Waals surface area contributed by atoms with Crippen molar-refractivity contribution in [3.63, 3.8) is 0 Å². The van der Waals surface area contributed by atoms with Gasteiger partial charge in [0.25, 0.3) is 0 Å². The van der Waals surface area contributed by atoms with E-state index in [9.17, 15) is 0 Å². The zero-order valence-electron chi connectivity index (χ0n) is 21.6. The summed E-state index contributed by atoms with van der Waals surface area (Å²) in [6.07, 6.45) is 14.5. The summed E-state index contributed by atoms with van der Waals surface area (Å²) in [5.41, 5.74) is 8.04. The van der Waals surface area contributed by atoms with Gasteiger partial charge in [-0.25, -0.2) is 0 Å². The van der Waals surface area contributed by atoms with E-state index in [1.54, 1.807) is 5.56 Å². The summed E-state index contributed by atoms with van der Waals surface area (Å²) in [5.74, 6) is 1.33. The van der Waals surface area contributed by atoms with Crippen LogP contribution in [0.3, 0.4) is 0 Å². The average Bonchev–Trinajstić information content (AvgIpc) is 3.33. The molecule has 2 aliphatic rings. The van der Waals surface area contributed by atoms with Crippen molar-refractivity contribution in [2.24, 2.45) is 0 Å². The molecule has 1 aromatic heterocycles. The zero-order chi connectivity index (χ0) is 23.8. The van der Waals surface area contributed by atoms with Gasteiger partial charge in [-0.3, -0.25) is 0 Å². The second-order valence-electron chi connectivity index (χ2n) is 11.5. The summed E-state index contributed by atoms with van der Waals surface area (Å²) in [6.45, 7) is 4.81. The molecule has 0 radical (unpaired) electrons. The van der Waals surface area contributed by atoms with Crippen molar-refractivity contribution in [1.82, 2.24) is 0 Å². The summed E-state index contributed by atoms with van der Waals surface area (Å²) in [5, 5.41) is 2.58. The number of hydrogen-bond acceptors (Lipinski definition) is 1. The molecule has 2 aliphatic carbocycles. The Labute approximate surface area is 210 Å². The number of hydrogen-bond donors (Lipinski definition) is 0. The Morgan fingerprint density at radius 1 is 0.629 bits per heavy atom. The number of furan rings is 1. The molecule has 0 bridgehead atoms. The maximum atomic E-state index is 6.92. The molecule has 1 atom stereocenters. The first-order valence-electron chi connectivity index (χ1n) is 14.2. The molecule has 2 fully saturated rings. The highest BCUT2D eigenvalue weighted by Crippen LogP contribution is 2.47. The SMILES string of the molecule is CC[C@](C)(c1ccccc1C1CCCCC1)c1cccc2c1oc1c(C3CCCCC3)cccc12. The quantitative estimate of drug-likeness (QED) is 0.286. The van der Waals surface area contributed by atoms with Crippen LogP contribution in [0.5, 0.6) is 0 Å². The van der Waals surface area contributed by atoms with Crippen LogP contribution in [0.2, 0.25) is 0 Å². The minimum absolute atomic E-state index is 0.0770. The Bertz CT molecular complexity index is 1320. The van der Waals surface area contributed by atoms with Gasteiger partial charge in [0.05, 0.1) is 0 Å². The van der Waals surface area contributed by atoms with Crippen LogP contribution in [0, 0.1) is 0 Å². The average molecular weight is 465 g/mol. The molecule has 6 rings (SSSR count). The van der Waals surface area contributed by atoms with Crippen molar-refractivity contribution in [3.05, 3.63) is 82.9 Å². The molecule has 0 aliphatic heterocycles. The standard InChI is InChI=1S/C34H40O/c1-3-34(2,30-22-11-10-18-26(30)24-14-6-4-7-15-24)31-23-13-21-29-28-20-12-19-27(32(28)35-33(29)31)25-16-8-5-9-17-25/h10-13,18-25H,3-9,14-17H2,1-2H3/t34-/m1/s1. The summed E-state index contributed by atoms with van der Waals surface area (Å²) in [6, 6.07) is 23.1. The van der Waals surface area contributed by atoms with Crippen molar-refractivity contribution in [2.45, 2.75) is 102 Å².